The fraction of sp³-hybridized carbons (Fsp3) is 0.522. The predicted octanol–water partition coefficient (Wildman–Crippen LogP) is 6.13. The summed E-state index contributed by atoms with van der Waals surface area (Å²) < 4.78 is 5.86. The van der Waals surface area contributed by atoms with E-state index in [1.807, 2.05) is 12.1 Å². The molecule has 2 heteroatoms. The second-order valence-electron chi connectivity index (χ2n) is 8.75. The third kappa shape index (κ3) is 3.89. The molecule has 1 aromatic rings. The van der Waals surface area contributed by atoms with Crippen molar-refractivity contribution in [2.45, 2.75) is 59.8 Å². The van der Waals surface area contributed by atoms with E-state index in [9.17, 15) is 4.79 Å². The molecule has 3 rings (SSSR count). The second kappa shape index (κ2) is 6.82. The molecule has 0 unspecified atom stereocenters. The molecule has 134 valence electrons. The van der Waals surface area contributed by atoms with E-state index in [0.717, 1.165) is 24.9 Å². The molecule has 25 heavy (non-hydrogen) atoms. The summed E-state index contributed by atoms with van der Waals surface area (Å²) >= 11 is 0. The third-order valence-electron chi connectivity index (χ3n) is 6.00. The van der Waals surface area contributed by atoms with Gasteiger partial charge in [0.25, 0.3) is 0 Å². The lowest BCUT2D eigenvalue weighted by Crippen LogP contribution is -2.31. The van der Waals surface area contributed by atoms with Crippen molar-refractivity contribution in [1.82, 2.24) is 0 Å². The molecule has 0 spiro atoms. The smallest absolute Gasteiger partial charge is 0.150 e. The normalized spacial score (nSPS) is 21.4. The molecule has 0 fully saturated rings. The Bertz CT molecular complexity index is 702. The molecule has 2 nitrogen and oxygen atoms in total. The number of carbonyl (C=O) groups excluding carboxylic acids is 1. The Morgan fingerprint density at radius 2 is 1.68 bits per heavy atom. The lowest BCUT2D eigenvalue weighted by atomic mass is 9.60. The molecule has 0 N–H and O–H groups in total. The summed E-state index contributed by atoms with van der Waals surface area (Å²) in [5, 5.41) is 0. The number of carbonyl (C=O) groups is 1. The van der Waals surface area contributed by atoms with Gasteiger partial charge in [-0.05, 0) is 66.4 Å². The number of hydrogen-bond acceptors (Lipinski definition) is 2. The van der Waals surface area contributed by atoms with E-state index in [1.54, 1.807) is 23.3 Å². The Labute approximate surface area is 152 Å². The number of allylic oxidation sites excluding steroid dienone is 3. The van der Waals surface area contributed by atoms with E-state index < -0.39 is 0 Å². The summed E-state index contributed by atoms with van der Waals surface area (Å²) in [6.07, 6.45) is 9.22. The standard InChI is InChI=1S/C23H30O2/c1-22(2)12-13-23(3,4)21-15-17(7-10-20(21)22)11-14-25-19-8-5-18(16-24)6-9-19/h5-6,8-9,15-16H,7,10-14H2,1-4H3. The van der Waals surface area contributed by atoms with Crippen LogP contribution in [0.1, 0.15) is 70.2 Å². The lowest BCUT2D eigenvalue weighted by molar-refractivity contribution is 0.112. The van der Waals surface area contributed by atoms with Crippen molar-refractivity contribution in [3.63, 3.8) is 0 Å². The van der Waals surface area contributed by atoms with Crippen molar-refractivity contribution in [2.24, 2.45) is 10.8 Å². The summed E-state index contributed by atoms with van der Waals surface area (Å²) in [5.41, 5.74) is 6.10. The molecular formula is C23H30O2. The van der Waals surface area contributed by atoms with Crippen molar-refractivity contribution in [3.8, 4) is 5.75 Å². The summed E-state index contributed by atoms with van der Waals surface area (Å²) in [6.45, 7) is 10.3. The van der Waals surface area contributed by atoms with Gasteiger partial charge in [-0.1, -0.05) is 44.9 Å². The zero-order chi connectivity index (χ0) is 18.1. The number of benzene rings is 1. The highest BCUT2D eigenvalue weighted by Gasteiger charge is 2.39. The van der Waals surface area contributed by atoms with Crippen LogP contribution in [-0.2, 0) is 0 Å². The quantitative estimate of drug-likeness (QED) is 0.604. The molecular weight excluding hydrogens is 308 g/mol. The van der Waals surface area contributed by atoms with E-state index >= 15 is 0 Å². The van der Waals surface area contributed by atoms with Gasteiger partial charge in [0.05, 0.1) is 6.61 Å². The maximum Gasteiger partial charge on any atom is 0.150 e. The molecule has 0 bridgehead atoms. The van der Waals surface area contributed by atoms with Gasteiger partial charge in [0.2, 0.25) is 0 Å². The Morgan fingerprint density at radius 1 is 1.00 bits per heavy atom. The molecule has 0 saturated heterocycles. The van der Waals surface area contributed by atoms with Crippen LogP contribution in [0.25, 0.3) is 0 Å². The molecule has 2 aliphatic rings. The van der Waals surface area contributed by atoms with Gasteiger partial charge >= 0.3 is 0 Å². The van der Waals surface area contributed by atoms with Crippen LogP contribution in [0.4, 0.5) is 0 Å². The Kier molecular flexibility index (Phi) is 4.90. The minimum Gasteiger partial charge on any atom is -0.493 e. The van der Waals surface area contributed by atoms with Crippen LogP contribution in [0.15, 0.2) is 47.1 Å². The maximum atomic E-state index is 10.7. The average molecular weight is 338 g/mol. The minimum atomic E-state index is 0.294. The van der Waals surface area contributed by atoms with Crippen LogP contribution in [0.2, 0.25) is 0 Å². The van der Waals surface area contributed by atoms with Crippen LogP contribution in [-0.4, -0.2) is 12.9 Å². The SMILES string of the molecule is CC1(C)CCC(C)(C)C2=C1C=C(CCOc1ccc(C=O)cc1)CC2. The van der Waals surface area contributed by atoms with E-state index in [2.05, 4.69) is 33.8 Å². The lowest BCUT2D eigenvalue weighted by Gasteiger charge is -2.45. The van der Waals surface area contributed by atoms with Crippen molar-refractivity contribution in [2.75, 3.05) is 6.61 Å². The van der Waals surface area contributed by atoms with Gasteiger partial charge in [-0.25, -0.2) is 0 Å². The summed E-state index contributed by atoms with van der Waals surface area (Å²) in [4.78, 5) is 10.7. The molecule has 0 amide bonds. The first kappa shape index (κ1) is 18.0. The largest absolute Gasteiger partial charge is 0.493 e. The van der Waals surface area contributed by atoms with Crippen LogP contribution < -0.4 is 4.74 Å². The molecule has 1 aromatic carbocycles. The number of ether oxygens (including phenoxy) is 1. The second-order valence-corrected chi connectivity index (χ2v) is 8.75. The summed E-state index contributed by atoms with van der Waals surface area (Å²) in [7, 11) is 0. The zero-order valence-electron chi connectivity index (χ0n) is 16.0. The van der Waals surface area contributed by atoms with Gasteiger partial charge in [0.1, 0.15) is 12.0 Å². The third-order valence-corrected chi connectivity index (χ3v) is 6.00. The minimum absolute atomic E-state index is 0.294. The van der Waals surface area contributed by atoms with E-state index in [1.165, 1.54) is 24.8 Å². The highest BCUT2D eigenvalue weighted by molar-refractivity contribution is 5.74. The first-order valence-corrected chi connectivity index (χ1v) is 9.43. The summed E-state index contributed by atoms with van der Waals surface area (Å²) in [6, 6.07) is 7.33. The molecule has 0 aromatic heterocycles. The number of hydrogen-bond donors (Lipinski definition) is 0. The van der Waals surface area contributed by atoms with Crippen LogP contribution in [0.5, 0.6) is 5.75 Å². The Balaban J connectivity index is 1.66. The van der Waals surface area contributed by atoms with Gasteiger partial charge in [-0.3, -0.25) is 4.79 Å². The van der Waals surface area contributed by atoms with Crippen molar-refractivity contribution >= 4 is 6.29 Å². The van der Waals surface area contributed by atoms with Crippen LogP contribution in [0, 0.1) is 10.8 Å². The average Bonchev–Trinajstić information content (AvgIpc) is 2.60. The van der Waals surface area contributed by atoms with Crippen molar-refractivity contribution in [3.05, 3.63) is 52.6 Å². The maximum absolute atomic E-state index is 10.7. The first-order valence-electron chi connectivity index (χ1n) is 9.43. The predicted molar refractivity (Wildman–Crippen MR) is 103 cm³/mol. The molecule has 0 saturated carbocycles. The zero-order valence-corrected chi connectivity index (χ0v) is 16.0. The molecule has 0 aliphatic heterocycles. The van der Waals surface area contributed by atoms with Gasteiger partial charge in [0, 0.05) is 12.0 Å². The topological polar surface area (TPSA) is 26.3 Å². The Hall–Kier alpha value is -1.83. The highest BCUT2D eigenvalue weighted by Crippen LogP contribution is 2.52. The van der Waals surface area contributed by atoms with E-state index in [-0.39, 0.29) is 0 Å². The fourth-order valence-electron chi connectivity index (χ4n) is 4.14. The van der Waals surface area contributed by atoms with Gasteiger partial charge in [-0.15, -0.1) is 0 Å². The van der Waals surface area contributed by atoms with Crippen molar-refractivity contribution < 1.29 is 9.53 Å². The number of aldehydes is 1. The number of rotatable bonds is 5. The fourth-order valence-corrected chi connectivity index (χ4v) is 4.14. The molecule has 0 atom stereocenters. The molecule has 0 heterocycles. The van der Waals surface area contributed by atoms with Crippen LogP contribution >= 0.6 is 0 Å². The molecule has 2 aliphatic carbocycles. The first-order chi connectivity index (χ1) is 11.8. The summed E-state index contributed by atoms with van der Waals surface area (Å²) in [5.74, 6) is 0.834. The molecule has 0 radical (unpaired) electrons. The van der Waals surface area contributed by atoms with Crippen molar-refractivity contribution in [1.29, 1.82) is 0 Å². The van der Waals surface area contributed by atoms with Gasteiger partial charge in [-0.2, -0.15) is 0 Å². The van der Waals surface area contributed by atoms with E-state index in [0.29, 0.717) is 23.0 Å². The Morgan fingerprint density at radius 3 is 2.36 bits per heavy atom. The monoisotopic (exact) mass is 338 g/mol. The van der Waals surface area contributed by atoms with E-state index in [4.69, 9.17) is 4.74 Å². The van der Waals surface area contributed by atoms with Gasteiger partial charge < -0.3 is 4.74 Å². The van der Waals surface area contributed by atoms with Gasteiger partial charge in [0.15, 0.2) is 0 Å². The van der Waals surface area contributed by atoms with Crippen LogP contribution in [0.3, 0.4) is 0 Å². The highest BCUT2D eigenvalue weighted by atomic mass is 16.5.